The number of halogens is 1. The number of amides is 1. The van der Waals surface area contributed by atoms with Crippen LogP contribution >= 0.6 is 15.9 Å². The quantitative estimate of drug-likeness (QED) is 0.899. The normalized spacial score (nSPS) is 17.8. The zero-order valence-corrected chi connectivity index (χ0v) is 13.6. The summed E-state index contributed by atoms with van der Waals surface area (Å²) in [5.41, 5.74) is 2.03. The van der Waals surface area contributed by atoms with E-state index in [1.165, 1.54) is 0 Å². The fourth-order valence-electron chi connectivity index (χ4n) is 2.51. The lowest BCUT2D eigenvalue weighted by Crippen LogP contribution is -2.33. The van der Waals surface area contributed by atoms with E-state index in [4.69, 9.17) is 0 Å². The highest BCUT2D eigenvalue weighted by molar-refractivity contribution is 9.10. The molecule has 1 aliphatic rings. The van der Waals surface area contributed by atoms with Gasteiger partial charge in [-0.25, -0.2) is 0 Å². The Morgan fingerprint density at radius 2 is 2.05 bits per heavy atom. The minimum atomic E-state index is -0.460. The highest BCUT2D eigenvalue weighted by Gasteiger charge is 2.18. The molecular formula is C15H21BrN2O2. The summed E-state index contributed by atoms with van der Waals surface area (Å²) in [5, 5.41) is 9.61. The maximum absolute atomic E-state index is 11.5. The molecule has 4 nitrogen and oxygen atoms in total. The van der Waals surface area contributed by atoms with Gasteiger partial charge >= 0.3 is 0 Å². The number of anilines is 1. The summed E-state index contributed by atoms with van der Waals surface area (Å²) in [6, 6.07) is 5.96. The summed E-state index contributed by atoms with van der Waals surface area (Å²) < 4.78 is 0.993. The lowest BCUT2D eigenvalue weighted by atomic mass is 10.1. The van der Waals surface area contributed by atoms with E-state index in [1.54, 1.807) is 13.8 Å². The van der Waals surface area contributed by atoms with Crippen molar-refractivity contribution in [2.75, 3.05) is 31.1 Å². The molecule has 1 aliphatic heterocycles. The first-order valence-corrected chi connectivity index (χ1v) is 7.76. The van der Waals surface area contributed by atoms with Crippen LogP contribution in [0, 0.1) is 0 Å². The molecule has 1 atom stereocenters. The van der Waals surface area contributed by atoms with E-state index in [0.717, 1.165) is 48.3 Å². The van der Waals surface area contributed by atoms with Crippen molar-refractivity contribution in [1.29, 1.82) is 0 Å². The molecule has 0 saturated carbocycles. The van der Waals surface area contributed by atoms with E-state index < -0.39 is 6.10 Å². The number of hydrogen-bond acceptors (Lipinski definition) is 3. The van der Waals surface area contributed by atoms with E-state index in [-0.39, 0.29) is 5.91 Å². The third-order valence-corrected chi connectivity index (χ3v) is 4.37. The minimum absolute atomic E-state index is 0.148. The average Bonchev–Trinajstić information content (AvgIpc) is 2.64. The first kappa shape index (κ1) is 15.3. The standard InChI is InChI=1S/C15H21BrN2O2/c1-11(19)13-4-5-15(14(16)10-13)18-7-3-6-17(8-9-18)12(2)20/h4-5,10-11,19H,3,6-9H2,1-2H3/t11-/m1/s1. The Kier molecular flexibility index (Phi) is 5.05. The Morgan fingerprint density at radius 1 is 1.30 bits per heavy atom. The fraction of sp³-hybridized carbons (Fsp3) is 0.533. The molecule has 1 heterocycles. The molecule has 1 N–H and O–H groups in total. The third kappa shape index (κ3) is 3.52. The van der Waals surface area contributed by atoms with Crippen LogP contribution in [0.4, 0.5) is 5.69 Å². The molecule has 1 aromatic rings. The summed E-state index contributed by atoms with van der Waals surface area (Å²) in [6.45, 7) is 6.76. The first-order chi connectivity index (χ1) is 9.49. The van der Waals surface area contributed by atoms with Gasteiger partial charge in [0.25, 0.3) is 0 Å². The molecule has 1 amide bonds. The van der Waals surface area contributed by atoms with Gasteiger partial charge in [-0.3, -0.25) is 4.79 Å². The summed E-state index contributed by atoms with van der Waals surface area (Å²) in [5.74, 6) is 0.148. The predicted molar refractivity (Wildman–Crippen MR) is 83.9 cm³/mol. The van der Waals surface area contributed by atoms with Crippen LogP contribution in [-0.4, -0.2) is 42.1 Å². The van der Waals surface area contributed by atoms with Crippen molar-refractivity contribution in [2.45, 2.75) is 26.4 Å². The molecule has 0 radical (unpaired) electrons. The van der Waals surface area contributed by atoms with Crippen molar-refractivity contribution in [1.82, 2.24) is 4.90 Å². The van der Waals surface area contributed by atoms with Gasteiger partial charge in [0.2, 0.25) is 5.91 Å². The number of carbonyl (C=O) groups excluding carboxylic acids is 1. The second-order valence-corrected chi connectivity index (χ2v) is 6.09. The molecule has 5 heteroatoms. The summed E-state index contributed by atoms with van der Waals surface area (Å²) in [4.78, 5) is 15.6. The highest BCUT2D eigenvalue weighted by atomic mass is 79.9. The molecule has 110 valence electrons. The molecule has 0 aliphatic carbocycles. The van der Waals surface area contributed by atoms with E-state index in [9.17, 15) is 9.90 Å². The van der Waals surface area contributed by atoms with Crippen LogP contribution < -0.4 is 4.90 Å². The number of rotatable bonds is 2. The van der Waals surface area contributed by atoms with Crippen LogP contribution in [0.2, 0.25) is 0 Å². The van der Waals surface area contributed by atoms with Crippen molar-refractivity contribution < 1.29 is 9.90 Å². The minimum Gasteiger partial charge on any atom is -0.389 e. The van der Waals surface area contributed by atoms with E-state index >= 15 is 0 Å². The lowest BCUT2D eigenvalue weighted by molar-refractivity contribution is -0.128. The van der Waals surface area contributed by atoms with Gasteiger partial charge in [0.1, 0.15) is 0 Å². The molecule has 0 bridgehead atoms. The van der Waals surface area contributed by atoms with Crippen molar-refractivity contribution >= 4 is 27.5 Å². The molecule has 0 unspecified atom stereocenters. The van der Waals surface area contributed by atoms with Crippen LogP contribution in [0.25, 0.3) is 0 Å². The average molecular weight is 341 g/mol. The van der Waals surface area contributed by atoms with Crippen LogP contribution in [0.5, 0.6) is 0 Å². The Hall–Kier alpha value is -1.07. The van der Waals surface area contributed by atoms with Gasteiger partial charge < -0.3 is 14.9 Å². The van der Waals surface area contributed by atoms with Crippen molar-refractivity contribution in [2.24, 2.45) is 0 Å². The van der Waals surface area contributed by atoms with Crippen LogP contribution in [-0.2, 0) is 4.79 Å². The Morgan fingerprint density at radius 3 is 2.65 bits per heavy atom. The molecule has 0 spiro atoms. The Labute approximate surface area is 128 Å². The number of aliphatic hydroxyl groups excluding tert-OH is 1. The van der Waals surface area contributed by atoms with Crippen LogP contribution in [0.3, 0.4) is 0 Å². The SMILES string of the molecule is CC(=O)N1CCCN(c2ccc([C@@H](C)O)cc2Br)CC1. The number of hydrogen-bond donors (Lipinski definition) is 1. The highest BCUT2D eigenvalue weighted by Crippen LogP contribution is 2.30. The number of aliphatic hydroxyl groups is 1. The van der Waals surface area contributed by atoms with Crippen LogP contribution in [0.15, 0.2) is 22.7 Å². The smallest absolute Gasteiger partial charge is 0.219 e. The van der Waals surface area contributed by atoms with E-state index in [2.05, 4.69) is 20.8 Å². The molecule has 1 saturated heterocycles. The molecule has 1 aromatic carbocycles. The number of carbonyl (C=O) groups is 1. The molecule has 0 aromatic heterocycles. The molecular weight excluding hydrogens is 320 g/mol. The largest absolute Gasteiger partial charge is 0.389 e. The first-order valence-electron chi connectivity index (χ1n) is 6.97. The van der Waals surface area contributed by atoms with Gasteiger partial charge in [-0.2, -0.15) is 0 Å². The number of benzene rings is 1. The fourth-order valence-corrected chi connectivity index (χ4v) is 3.16. The summed E-state index contributed by atoms with van der Waals surface area (Å²) in [6.07, 6.45) is 0.516. The van der Waals surface area contributed by atoms with Gasteiger partial charge in [-0.05, 0) is 47.0 Å². The van der Waals surface area contributed by atoms with Gasteiger partial charge in [0, 0.05) is 37.6 Å². The van der Waals surface area contributed by atoms with Crippen LogP contribution in [0.1, 0.15) is 31.9 Å². The summed E-state index contributed by atoms with van der Waals surface area (Å²) >= 11 is 3.59. The summed E-state index contributed by atoms with van der Waals surface area (Å²) in [7, 11) is 0. The second-order valence-electron chi connectivity index (χ2n) is 5.23. The number of nitrogens with zero attached hydrogens (tertiary/aromatic N) is 2. The topological polar surface area (TPSA) is 43.8 Å². The van der Waals surface area contributed by atoms with Gasteiger partial charge in [0.15, 0.2) is 0 Å². The van der Waals surface area contributed by atoms with Gasteiger partial charge in [0.05, 0.1) is 11.8 Å². The zero-order chi connectivity index (χ0) is 14.7. The van der Waals surface area contributed by atoms with Gasteiger partial charge in [-0.1, -0.05) is 6.07 Å². The van der Waals surface area contributed by atoms with E-state index in [1.807, 2.05) is 23.1 Å². The van der Waals surface area contributed by atoms with Crippen molar-refractivity contribution in [3.8, 4) is 0 Å². The molecule has 1 fully saturated rings. The predicted octanol–water partition coefficient (Wildman–Crippen LogP) is 2.56. The maximum Gasteiger partial charge on any atom is 0.219 e. The van der Waals surface area contributed by atoms with E-state index in [0.29, 0.717) is 0 Å². The monoisotopic (exact) mass is 340 g/mol. The Balaban J connectivity index is 2.13. The van der Waals surface area contributed by atoms with Gasteiger partial charge in [-0.15, -0.1) is 0 Å². The molecule has 20 heavy (non-hydrogen) atoms. The van der Waals surface area contributed by atoms with Crippen molar-refractivity contribution in [3.63, 3.8) is 0 Å². The third-order valence-electron chi connectivity index (χ3n) is 3.74. The zero-order valence-electron chi connectivity index (χ0n) is 12.0. The van der Waals surface area contributed by atoms with Crippen molar-refractivity contribution in [3.05, 3.63) is 28.2 Å². The second kappa shape index (κ2) is 6.59. The molecule has 2 rings (SSSR count). The maximum atomic E-state index is 11.5. The Bertz CT molecular complexity index is 491. The lowest BCUT2D eigenvalue weighted by Gasteiger charge is -2.25.